The number of hydrazine groups is 1. The fourth-order valence-corrected chi connectivity index (χ4v) is 7.10. The van der Waals surface area contributed by atoms with Crippen LogP contribution in [0.25, 0.3) is 38.8 Å². The Labute approximate surface area is 330 Å². The number of hydrogen-bond acceptors (Lipinski definition) is 4. The van der Waals surface area contributed by atoms with Crippen LogP contribution in [0.2, 0.25) is 0 Å². The van der Waals surface area contributed by atoms with Crippen LogP contribution in [-0.2, 0) is 6.54 Å². The SMILES string of the molecule is C=C/C=C(\C=C/C)CNN(c1ccccc1)c1c(C(=C)Nc2ccccc2)ccc2c3ccccc3n(C/C=C(\C=C(/N)c3ccccc3)c3ccccc3)c12. The molecule has 5 heteroatoms. The van der Waals surface area contributed by atoms with Gasteiger partial charge in [-0.25, -0.2) is 5.43 Å². The van der Waals surface area contributed by atoms with Crippen molar-refractivity contribution in [3.8, 4) is 0 Å². The van der Waals surface area contributed by atoms with Crippen LogP contribution in [0.4, 0.5) is 17.1 Å². The number of benzene rings is 6. The summed E-state index contributed by atoms with van der Waals surface area (Å²) in [5.74, 6) is 0. The summed E-state index contributed by atoms with van der Waals surface area (Å²) in [5.41, 5.74) is 22.4. The van der Waals surface area contributed by atoms with Crippen molar-refractivity contribution in [2.45, 2.75) is 13.5 Å². The first kappa shape index (κ1) is 37.2. The average molecular weight is 730 g/mol. The van der Waals surface area contributed by atoms with E-state index in [-0.39, 0.29) is 0 Å². The molecule has 0 radical (unpaired) electrons. The quantitative estimate of drug-likeness (QED) is 0.0726. The van der Waals surface area contributed by atoms with E-state index in [0.29, 0.717) is 18.8 Å². The summed E-state index contributed by atoms with van der Waals surface area (Å²) in [5, 5.41) is 8.12. The maximum absolute atomic E-state index is 6.78. The van der Waals surface area contributed by atoms with Crippen molar-refractivity contribution >= 4 is 55.8 Å². The number of aromatic nitrogens is 1. The Morgan fingerprint density at radius 3 is 2.04 bits per heavy atom. The van der Waals surface area contributed by atoms with Crippen LogP contribution >= 0.6 is 0 Å². The number of nitrogens with zero attached hydrogens (tertiary/aromatic N) is 2. The van der Waals surface area contributed by atoms with Crippen LogP contribution < -0.4 is 21.5 Å². The Kier molecular flexibility index (Phi) is 11.9. The van der Waals surface area contributed by atoms with Gasteiger partial charge in [0.2, 0.25) is 0 Å². The lowest BCUT2D eigenvalue weighted by molar-refractivity contribution is 0.760. The lowest BCUT2D eigenvalue weighted by atomic mass is 10.0. The number of nitrogens with two attached hydrogens (primary N) is 1. The minimum absolute atomic E-state index is 0.557. The standard InChI is InChI=1S/C51H47N5/c1-4-20-39(21-5-2)37-53-56(44-28-16-9-17-29-44)51-45(38(3)54-43-26-14-8-15-27-43)32-33-47-46-30-18-19-31-49(46)55(50(47)51)35-34-42(40-22-10-6-11-23-40)36-48(52)41-24-12-7-13-25-41/h4-34,36,53-54H,1,3,35,37,52H2,2H3/b21-5-,39-20+,42-34+,48-36-. The molecule has 0 aliphatic rings. The molecule has 0 spiro atoms. The maximum Gasteiger partial charge on any atom is 0.0914 e. The highest BCUT2D eigenvalue weighted by Crippen LogP contribution is 2.42. The summed E-state index contributed by atoms with van der Waals surface area (Å²) in [6, 6.07) is 54.3. The molecule has 0 fully saturated rings. The van der Waals surface area contributed by atoms with Gasteiger partial charge in [-0.2, -0.15) is 0 Å². The first-order valence-corrected chi connectivity index (χ1v) is 18.9. The predicted octanol–water partition coefficient (Wildman–Crippen LogP) is 12.3. The van der Waals surface area contributed by atoms with Crippen LogP contribution in [0.3, 0.4) is 0 Å². The Hall–Kier alpha value is -7.08. The van der Waals surface area contributed by atoms with E-state index in [9.17, 15) is 0 Å². The predicted molar refractivity (Wildman–Crippen MR) is 241 cm³/mol. The molecule has 1 aromatic heterocycles. The molecule has 7 rings (SSSR count). The minimum atomic E-state index is 0.557. The fraction of sp³-hybridized carbons (Fsp3) is 0.0588. The van der Waals surface area contributed by atoms with Gasteiger partial charge in [0.05, 0.1) is 16.9 Å². The molecule has 0 bridgehead atoms. The van der Waals surface area contributed by atoms with Crippen LogP contribution in [0.1, 0.15) is 23.6 Å². The highest BCUT2D eigenvalue weighted by atomic mass is 15.5. The van der Waals surface area contributed by atoms with E-state index in [4.69, 9.17) is 5.73 Å². The molecule has 1 heterocycles. The van der Waals surface area contributed by atoms with Crippen molar-refractivity contribution in [2.75, 3.05) is 16.9 Å². The Morgan fingerprint density at radius 1 is 0.732 bits per heavy atom. The van der Waals surface area contributed by atoms with Gasteiger partial charge in [-0.15, -0.1) is 0 Å². The Bertz CT molecular complexity index is 2560. The number of anilines is 3. The molecule has 7 aromatic rings. The summed E-state index contributed by atoms with van der Waals surface area (Å²) in [6.07, 6.45) is 12.4. The van der Waals surface area contributed by atoms with E-state index < -0.39 is 0 Å². The summed E-state index contributed by atoms with van der Waals surface area (Å²) in [6.45, 7) is 11.8. The highest BCUT2D eigenvalue weighted by molar-refractivity contribution is 6.14. The molecule has 5 nitrogen and oxygen atoms in total. The van der Waals surface area contributed by atoms with Crippen molar-refractivity contribution in [1.29, 1.82) is 0 Å². The monoisotopic (exact) mass is 729 g/mol. The van der Waals surface area contributed by atoms with Crippen molar-refractivity contribution in [1.82, 2.24) is 9.99 Å². The third-order valence-corrected chi connectivity index (χ3v) is 9.71. The van der Waals surface area contributed by atoms with Gasteiger partial charge in [0.15, 0.2) is 0 Å². The van der Waals surface area contributed by atoms with Gasteiger partial charge in [0.1, 0.15) is 0 Å². The van der Waals surface area contributed by atoms with Crippen molar-refractivity contribution in [2.24, 2.45) is 5.73 Å². The molecule has 0 atom stereocenters. The van der Waals surface area contributed by atoms with Gasteiger partial charge < -0.3 is 15.6 Å². The molecule has 4 N–H and O–H groups in total. The lowest BCUT2D eigenvalue weighted by Gasteiger charge is -2.30. The third kappa shape index (κ3) is 8.34. The zero-order valence-electron chi connectivity index (χ0n) is 31.8. The molecular weight excluding hydrogens is 683 g/mol. The maximum atomic E-state index is 6.78. The molecular formula is C51H47N5. The van der Waals surface area contributed by atoms with Crippen LogP contribution in [0.15, 0.2) is 213 Å². The topological polar surface area (TPSA) is 58.2 Å². The van der Waals surface area contributed by atoms with Gasteiger partial charge in [0, 0.05) is 52.0 Å². The Balaban J connectivity index is 1.48. The van der Waals surface area contributed by atoms with Crippen molar-refractivity contribution in [3.05, 3.63) is 230 Å². The molecule has 0 saturated carbocycles. The molecule has 0 amide bonds. The van der Waals surface area contributed by atoms with E-state index in [1.165, 1.54) is 5.39 Å². The first-order valence-electron chi connectivity index (χ1n) is 18.9. The molecule has 276 valence electrons. The van der Waals surface area contributed by atoms with Gasteiger partial charge >= 0.3 is 0 Å². The zero-order chi connectivity index (χ0) is 38.7. The van der Waals surface area contributed by atoms with Gasteiger partial charge in [0.25, 0.3) is 0 Å². The number of para-hydroxylation sites is 3. The van der Waals surface area contributed by atoms with E-state index in [0.717, 1.165) is 67.0 Å². The minimum Gasteiger partial charge on any atom is -0.398 e. The van der Waals surface area contributed by atoms with Crippen molar-refractivity contribution < 1.29 is 0 Å². The van der Waals surface area contributed by atoms with Crippen molar-refractivity contribution in [3.63, 3.8) is 0 Å². The van der Waals surface area contributed by atoms with E-state index in [2.05, 4.69) is 155 Å². The molecule has 6 aromatic carbocycles. The molecule has 0 aliphatic heterocycles. The van der Waals surface area contributed by atoms with E-state index >= 15 is 0 Å². The molecule has 0 unspecified atom stereocenters. The van der Waals surface area contributed by atoms with E-state index in [1.807, 2.05) is 79.7 Å². The van der Waals surface area contributed by atoms with E-state index in [1.54, 1.807) is 0 Å². The average Bonchev–Trinajstić information content (AvgIpc) is 3.57. The van der Waals surface area contributed by atoms with Gasteiger partial charge in [-0.3, -0.25) is 5.01 Å². The van der Waals surface area contributed by atoms with Crippen LogP contribution in [-0.4, -0.2) is 11.1 Å². The number of nitrogens with one attached hydrogen (secondary N) is 2. The number of hydrogen-bond donors (Lipinski definition) is 3. The van der Waals surface area contributed by atoms with Crippen LogP contribution in [0.5, 0.6) is 0 Å². The summed E-state index contributed by atoms with van der Waals surface area (Å²) >= 11 is 0. The summed E-state index contributed by atoms with van der Waals surface area (Å²) < 4.78 is 2.42. The second kappa shape index (κ2) is 17.8. The number of allylic oxidation sites excluding steroid dienone is 6. The highest BCUT2D eigenvalue weighted by Gasteiger charge is 2.24. The van der Waals surface area contributed by atoms with Gasteiger partial charge in [-0.1, -0.05) is 165 Å². The Morgan fingerprint density at radius 2 is 1.36 bits per heavy atom. The number of rotatable bonds is 15. The first-order chi connectivity index (χ1) is 27.6. The molecule has 56 heavy (non-hydrogen) atoms. The zero-order valence-corrected chi connectivity index (χ0v) is 31.8. The normalized spacial score (nSPS) is 12.3. The third-order valence-electron chi connectivity index (χ3n) is 9.71. The molecule has 0 aliphatic carbocycles. The molecule has 0 saturated heterocycles. The van der Waals surface area contributed by atoms with Gasteiger partial charge in [-0.05, 0) is 71.7 Å². The second-order valence-electron chi connectivity index (χ2n) is 13.4. The second-order valence-corrected chi connectivity index (χ2v) is 13.4. The number of fused-ring (bicyclic) bond motifs is 3. The summed E-state index contributed by atoms with van der Waals surface area (Å²) in [7, 11) is 0. The largest absolute Gasteiger partial charge is 0.398 e. The fourth-order valence-electron chi connectivity index (χ4n) is 7.10. The van der Waals surface area contributed by atoms with Crippen LogP contribution in [0, 0.1) is 0 Å². The smallest absolute Gasteiger partial charge is 0.0914 e. The lowest BCUT2D eigenvalue weighted by Crippen LogP contribution is -2.36. The summed E-state index contributed by atoms with van der Waals surface area (Å²) in [4.78, 5) is 0.